The molecule has 3 nitrogen and oxygen atoms in total. The zero-order chi connectivity index (χ0) is 11.6. The van der Waals surface area contributed by atoms with E-state index in [0.29, 0.717) is 5.69 Å². The summed E-state index contributed by atoms with van der Waals surface area (Å²) in [4.78, 5) is 10.1. The van der Waals surface area contributed by atoms with E-state index in [0.717, 1.165) is 18.8 Å². The maximum atomic E-state index is 10.1. The van der Waals surface area contributed by atoms with Crippen LogP contribution < -0.4 is 10.1 Å². The summed E-state index contributed by atoms with van der Waals surface area (Å²) in [6.45, 7) is 2.92. The molecule has 1 aromatic carbocycles. The number of unbranched alkanes of at least 4 members (excludes halogenated alkanes) is 3. The maximum Gasteiger partial charge on any atom is 0.314 e. The van der Waals surface area contributed by atoms with E-state index < -0.39 is 0 Å². The van der Waals surface area contributed by atoms with Gasteiger partial charge in [0, 0.05) is 11.8 Å². The third-order valence-electron chi connectivity index (χ3n) is 2.30. The van der Waals surface area contributed by atoms with Crippen LogP contribution in [0.3, 0.4) is 0 Å². The Morgan fingerprint density at radius 2 is 2.19 bits per heavy atom. The third kappa shape index (κ3) is 4.82. The van der Waals surface area contributed by atoms with Gasteiger partial charge in [-0.15, -0.1) is 0 Å². The molecule has 0 aliphatic carbocycles. The number of benzene rings is 1. The number of ether oxygens (including phenoxy) is 1. The second-order valence-corrected chi connectivity index (χ2v) is 3.66. The maximum absolute atomic E-state index is 10.1. The Labute approximate surface area is 96.8 Å². The molecule has 0 unspecified atom stereocenters. The number of hydrogen-bond acceptors (Lipinski definition) is 2. The summed E-state index contributed by atoms with van der Waals surface area (Å²) < 4.78 is 5.57. The van der Waals surface area contributed by atoms with Gasteiger partial charge in [-0.2, -0.15) is 0 Å². The molecule has 1 N–H and O–H groups in total. The minimum Gasteiger partial charge on any atom is -0.494 e. The number of nitrogens with one attached hydrogen (secondary N) is 1. The number of rotatable bonds is 8. The van der Waals surface area contributed by atoms with Crippen LogP contribution in [0.1, 0.15) is 32.6 Å². The van der Waals surface area contributed by atoms with Crippen LogP contribution in [0.15, 0.2) is 24.3 Å². The average molecular weight is 220 g/mol. The molecular formula is C13H18NO2. The van der Waals surface area contributed by atoms with Crippen molar-refractivity contribution in [2.24, 2.45) is 0 Å². The average Bonchev–Trinajstić information content (AvgIpc) is 2.30. The van der Waals surface area contributed by atoms with Crippen LogP contribution in [-0.2, 0) is 4.79 Å². The van der Waals surface area contributed by atoms with E-state index in [4.69, 9.17) is 4.74 Å². The number of hydrogen-bond donors (Lipinski definition) is 1. The molecule has 16 heavy (non-hydrogen) atoms. The van der Waals surface area contributed by atoms with Gasteiger partial charge in [-0.3, -0.25) is 4.79 Å². The van der Waals surface area contributed by atoms with Gasteiger partial charge in [0.1, 0.15) is 5.75 Å². The highest BCUT2D eigenvalue weighted by molar-refractivity contribution is 5.72. The normalized spacial score (nSPS) is 9.81. The standard InChI is InChI=1S/C13H18NO2/c1-2-3-4-5-9-16-13-8-6-7-12(10-13)14-11-15/h6-8,10H,2-5,9H2,1H3,(H,14,15). The zero-order valence-corrected chi connectivity index (χ0v) is 9.66. The van der Waals surface area contributed by atoms with Crippen LogP contribution in [-0.4, -0.2) is 13.0 Å². The Kier molecular flexibility index (Phi) is 6.07. The van der Waals surface area contributed by atoms with Gasteiger partial charge in [-0.25, -0.2) is 0 Å². The van der Waals surface area contributed by atoms with E-state index >= 15 is 0 Å². The lowest BCUT2D eigenvalue weighted by Crippen LogP contribution is -1.98. The van der Waals surface area contributed by atoms with E-state index in [2.05, 4.69) is 12.2 Å². The van der Waals surface area contributed by atoms with Crippen LogP contribution in [0, 0.1) is 0 Å². The van der Waals surface area contributed by atoms with E-state index in [-0.39, 0.29) is 0 Å². The first-order valence-corrected chi connectivity index (χ1v) is 5.73. The predicted octanol–water partition coefficient (Wildman–Crippen LogP) is 3.12. The Morgan fingerprint density at radius 1 is 1.31 bits per heavy atom. The first kappa shape index (κ1) is 12.6. The first-order valence-electron chi connectivity index (χ1n) is 5.73. The monoisotopic (exact) mass is 220 g/mol. The van der Waals surface area contributed by atoms with E-state index in [1.54, 1.807) is 18.5 Å². The minimum atomic E-state index is 0.709. The fourth-order valence-corrected chi connectivity index (χ4v) is 1.44. The highest BCUT2D eigenvalue weighted by Gasteiger charge is 1.96. The summed E-state index contributed by atoms with van der Waals surface area (Å²) in [6.07, 6.45) is 6.41. The summed E-state index contributed by atoms with van der Waals surface area (Å²) in [7, 11) is 0. The molecule has 0 bridgehead atoms. The van der Waals surface area contributed by atoms with Crippen molar-refractivity contribution in [3.8, 4) is 5.75 Å². The van der Waals surface area contributed by atoms with Crippen LogP contribution in [0.2, 0.25) is 0 Å². The van der Waals surface area contributed by atoms with Crippen LogP contribution >= 0.6 is 0 Å². The SMILES string of the molecule is CCCCCCOc1cccc(N[C]=O)c1. The van der Waals surface area contributed by atoms with Gasteiger partial charge < -0.3 is 10.1 Å². The fraction of sp³-hybridized carbons (Fsp3) is 0.462. The van der Waals surface area contributed by atoms with Crippen molar-refractivity contribution in [3.63, 3.8) is 0 Å². The smallest absolute Gasteiger partial charge is 0.314 e. The van der Waals surface area contributed by atoms with Crippen molar-refractivity contribution in [1.29, 1.82) is 0 Å². The molecule has 3 heteroatoms. The molecule has 1 aromatic rings. The molecular weight excluding hydrogens is 202 g/mol. The van der Waals surface area contributed by atoms with Crippen molar-refractivity contribution in [1.82, 2.24) is 0 Å². The van der Waals surface area contributed by atoms with E-state index in [9.17, 15) is 4.79 Å². The third-order valence-corrected chi connectivity index (χ3v) is 2.30. The van der Waals surface area contributed by atoms with Crippen molar-refractivity contribution >= 4 is 12.1 Å². The molecule has 0 saturated carbocycles. The second-order valence-electron chi connectivity index (χ2n) is 3.66. The van der Waals surface area contributed by atoms with E-state index in [1.165, 1.54) is 19.3 Å². The zero-order valence-electron chi connectivity index (χ0n) is 9.66. The molecule has 0 aliphatic heterocycles. The fourth-order valence-electron chi connectivity index (χ4n) is 1.44. The molecule has 0 fully saturated rings. The topological polar surface area (TPSA) is 38.3 Å². The lowest BCUT2D eigenvalue weighted by molar-refractivity contribution is 0.305. The summed E-state index contributed by atoms with van der Waals surface area (Å²) in [5, 5.41) is 2.47. The molecule has 1 amide bonds. The Bertz CT molecular complexity index is 313. The van der Waals surface area contributed by atoms with Crippen molar-refractivity contribution in [3.05, 3.63) is 24.3 Å². The first-order chi connectivity index (χ1) is 7.86. The predicted molar refractivity (Wildman–Crippen MR) is 65.4 cm³/mol. The van der Waals surface area contributed by atoms with Crippen molar-refractivity contribution in [2.45, 2.75) is 32.6 Å². The van der Waals surface area contributed by atoms with Gasteiger partial charge in [0.2, 0.25) is 0 Å². The second kappa shape index (κ2) is 7.74. The van der Waals surface area contributed by atoms with Gasteiger partial charge in [0.05, 0.1) is 6.61 Å². The van der Waals surface area contributed by atoms with E-state index in [1.807, 2.05) is 12.1 Å². The van der Waals surface area contributed by atoms with Crippen LogP contribution in [0.25, 0.3) is 0 Å². The minimum absolute atomic E-state index is 0.709. The quantitative estimate of drug-likeness (QED) is 0.540. The van der Waals surface area contributed by atoms with Gasteiger partial charge in [0.25, 0.3) is 0 Å². The van der Waals surface area contributed by atoms with Gasteiger partial charge in [0.15, 0.2) is 0 Å². The molecule has 1 rings (SSSR count). The molecule has 0 heterocycles. The summed E-state index contributed by atoms with van der Waals surface area (Å²) >= 11 is 0. The molecule has 0 saturated heterocycles. The number of anilines is 1. The summed E-state index contributed by atoms with van der Waals surface area (Å²) in [6, 6.07) is 7.33. The Morgan fingerprint density at radius 3 is 2.94 bits per heavy atom. The van der Waals surface area contributed by atoms with Gasteiger partial charge >= 0.3 is 6.41 Å². The summed E-state index contributed by atoms with van der Waals surface area (Å²) in [5.41, 5.74) is 0.709. The van der Waals surface area contributed by atoms with Gasteiger partial charge in [-0.05, 0) is 18.6 Å². The van der Waals surface area contributed by atoms with Crippen molar-refractivity contribution < 1.29 is 9.53 Å². The number of amides is 1. The molecule has 0 aromatic heterocycles. The lowest BCUT2D eigenvalue weighted by atomic mass is 10.2. The molecule has 0 spiro atoms. The highest BCUT2D eigenvalue weighted by Crippen LogP contribution is 2.17. The Hall–Kier alpha value is -1.51. The van der Waals surface area contributed by atoms with Crippen LogP contribution in [0.5, 0.6) is 5.75 Å². The molecule has 0 aliphatic rings. The Balaban J connectivity index is 2.30. The largest absolute Gasteiger partial charge is 0.494 e. The molecule has 0 atom stereocenters. The highest BCUT2D eigenvalue weighted by atomic mass is 16.5. The molecule has 87 valence electrons. The number of carbonyl (C=O) groups excluding carboxylic acids is 1. The van der Waals surface area contributed by atoms with Gasteiger partial charge in [-0.1, -0.05) is 32.3 Å². The summed E-state index contributed by atoms with van der Waals surface area (Å²) in [5.74, 6) is 0.789. The van der Waals surface area contributed by atoms with Crippen molar-refractivity contribution in [2.75, 3.05) is 11.9 Å². The van der Waals surface area contributed by atoms with Crippen LogP contribution in [0.4, 0.5) is 5.69 Å². The lowest BCUT2D eigenvalue weighted by Gasteiger charge is -2.07. The molecule has 1 radical (unpaired) electrons.